The third-order valence-electron chi connectivity index (χ3n) is 6.68. The van der Waals surface area contributed by atoms with Crippen LogP contribution in [0.1, 0.15) is 58.3 Å². The Morgan fingerprint density at radius 1 is 0.654 bits per heavy atom. The lowest BCUT2D eigenvalue weighted by Crippen LogP contribution is -2.47. The van der Waals surface area contributed by atoms with E-state index in [0.717, 1.165) is 44.7 Å². The second kappa shape index (κ2) is 8.40. The van der Waals surface area contributed by atoms with Gasteiger partial charge in [-0.25, -0.2) is 0 Å². The summed E-state index contributed by atoms with van der Waals surface area (Å²) in [6.07, 6.45) is 6.30. The van der Waals surface area contributed by atoms with Crippen molar-refractivity contribution in [2.75, 3.05) is 26.2 Å². The van der Waals surface area contributed by atoms with E-state index in [4.69, 9.17) is 5.11 Å². The summed E-state index contributed by atoms with van der Waals surface area (Å²) in [7, 11) is 0. The maximum atomic E-state index is 12.7. The fraction of sp³-hybridized carbons (Fsp3) is 0.850. The van der Waals surface area contributed by atoms with Crippen LogP contribution in [-0.4, -0.2) is 58.9 Å². The average Bonchev–Trinajstić information content (AvgIpc) is 2.67. The first-order valence-corrected chi connectivity index (χ1v) is 10.3. The Kier molecular flexibility index (Phi) is 6.20. The third kappa shape index (κ3) is 4.38. The van der Waals surface area contributed by atoms with E-state index in [1.165, 1.54) is 0 Å². The van der Waals surface area contributed by atoms with E-state index < -0.39 is 5.97 Å². The second-order valence-corrected chi connectivity index (χ2v) is 8.49. The van der Waals surface area contributed by atoms with Crippen LogP contribution in [0, 0.1) is 23.7 Å². The number of likely N-dealkylation sites (tertiary alicyclic amines) is 2. The smallest absolute Gasteiger partial charge is 0.306 e. The van der Waals surface area contributed by atoms with Gasteiger partial charge >= 0.3 is 5.97 Å². The minimum atomic E-state index is -0.734. The molecule has 2 amide bonds. The van der Waals surface area contributed by atoms with Crippen molar-refractivity contribution in [1.29, 1.82) is 0 Å². The van der Waals surface area contributed by atoms with Crippen molar-refractivity contribution in [3.63, 3.8) is 0 Å². The van der Waals surface area contributed by atoms with Crippen LogP contribution in [0.3, 0.4) is 0 Å². The predicted octanol–water partition coefficient (Wildman–Crippen LogP) is 2.37. The average molecular weight is 364 g/mol. The zero-order valence-electron chi connectivity index (χ0n) is 15.9. The first-order chi connectivity index (χ1) is 12.5. The van der Waals surface area contributed by atoms with Crippen molar-refractivity contribution in [2.24, 2.45) is 23.7 Å². The zero-order chi connectivity index (χ0) is 18.7. The van der Waals surface area contributed by atoms with E-state index in [2.05, 4.69) is 6.92 Å². The van der Waals surface area contributed by atoms with E-state index in [1.54, 1.807) is 0 Å². The van der Waals surface area contributed by atoms with E-state index in [0.29, 0.717) is 38.8 Å². The number of hydrogen-bond acceptors (Lipinski definition) is 3. The van der Waals surface area contributed by atoms with Gasteiger partial charge in [-0.3, -0.25) is 14.4 Å². The van der Waals surface area contributed by atoms with Crippen molar-refractivity contribution in [3.05, 3.63) is 0 Å². The highest BCUT2D eigenvalue weighted by Crippen LogP contribution is 2.31. The highest BCUT2D eigenvalue weighted by atomic mass is 16.4. The molecule has 3 aliphatic rings. The predicted molar refractivity (Wildman–Crippen MR) is 97.4 cm³/mol. The van der Waals surface area contributed by atoms with E-state index in [-0.39, 0.29) is 29.6 Å². The van der Waals surface area contributed by atoms with Crippen molar-refractivity contribution in [1.82, 2.24) is 9.80 Å². The molecule has 3 rings (SSSR count). The molecule has 146 valence electrons. The standard InChI is InChI=1S/C20H32N2O4/c1-14-6-10-21(11-7-14)19(24)16-8-12-22(13-9-16)18(23)15-2-4-17(5-3-15)20(25)26/h14-17H,2-13H2,1H3,(H,25,26). The summed E-state index contributed by atoms with van der Waals surface area (Å²) in [4.78, 5) is 40.4. The Hall–Kier alpha value is -1.59. The molecule has 0 radical (unpaired) electrons. The van der Waals surface area contributed by atoms with Gasteiger partial charge in [0, 0.05) is 38.0 Å². The Bertz CT molecular complexity index is 526. The van der Waals surface area contributed by atoms with Crippen LogP contribution >= 0.6 is 0 Å². The van der Waals surface area contributed by atoms with Crippen molar-refractivity contribution >= 4 is 17.8 Å². The van der Waals surface area contributed by atoms with Gasteiger partial charge in [0.05, 0.1) is 5.92 Å². The number of amides is 2. The summed E-state index contributed by atoms with van der Waals surface area (Å²) < 4.78 is 0. The van der Waals surface area contributed by atoms with Crippen molar-refractivity contribution in [2.45, 2.75) is 58.3 Å². The molecule has 0 atom stereocenters. The molecule has 3 fully saturated rings. The van der Waals surface area contributed by atoms with Gasteiger partial charge in [-0.05, 0) is 57.3 Å². The molecule has 0 unspecified atom stereocenters. The number of carboxylic acids is 1. The summed E-state index contributed by atoms with van der Waals surface area (Å²) in [5.41, 5.74) is 0. The molecule has 2 saturated heterocycles. The van der Waals surface area contributed by atoms with Crippen LogP contribution < -0.4 is 0 Å². The van der Waals surface area contributed by atoms with E-state index in [9.17, 15) is 14.4 Å². The summed E-state index contributed by atoms with van der Waals surface area (Å²) in [6, 6.07) is 0. The monoisotopic (exact) mass is 364 g/mol. The second-order valence-electron chi connectivity index (χ2n) is 8.49. The number of piperidine rings is 2. The summed E-state index contributed by atoms with van der Waals surface area (Å²) >= 11 is 0. The number of aliphatic carboxylic acids is 1. The molecule has 1 N–H and O–H groups in total. The molecule has 0 aromatic rings. The minimum absolute atomic E-state index is 0.0265. The quantitative estimate of drug-likeness (QED) is 0.834. The molecular formula is C20H32N2O4. The van der Waals surface area contributed by atoms with Gasteiger partial charge in [-0.2, -0.15) is 0 Å². The molecule has 0 spiro atoms. The van der Waals surface area contributed by atoms with E-state index >= 15 is 0 Å². The topological polar surface area (TPSA) is 77.9 Å². The molecule has 0 aromatic carbocycles. The molecule has 6 nitrogen and oxygen atoms in total. The number of carboxylic acid groups (broad SMARTS) is 1. The first-order valence-electron chi connectivity index (χ1n) is 10.3. The zero-order valence-corrected chi connectivity index (χ0v) is 15.9. The SMILES string of the molecule is CC1CCN(C(=O)C2CCN(C(=O)C3CCC(C(=O)O)CC3)CC2)CC1. The first kappa shape index (κ1) is 19.2. The van der Waals surface area contributed by atoms with Crippen molar-refractivity contribution < 1.29 is 19.5 Å². The molecule has 26 heavy (non-hydrogen) atoms. The Morgan fingerprint density at radius 3 is 1.50 bits per heavy atom. The highest BCUT2D eigenvalue weighted by molar-refractivity contribution is 5.81. The van der Waals surface area contributed by atoms with Crippen LogP contribution in [0.25, 0.3) is 0 Å². The van der Waals surface area contributed by atoms with Crippen LogP contribution in [0.4, 0.5) is 0 Å². The van der Waals surface area contributed by atoms with Gasteiger partial charge in [-0.15, -0.1) is 0 Å². The summed E-state index contributed by atoms with van der Waals surface area (Å²) in [6.45, 7) is 5.34. The van der Waals surface area contributed by atoms with Crippen molar-refractivity contribution in [3.8, 4) is 0 Å². The lowest BCUT2D eigenvalue weighted by molar-refractivity contribution is -0.147. The van der Waals surface area contributed by atoms with Gasteiger partial charge in [0.25, 0.3) is 0 Å². The van der Waals surface area contributed by atoms with Gasteiger partial charge in [0.2, 0.25) is 11.8 Å². The third-order valence-corrected chi connectivity index (χ3v) is 6.68. The molecular weight excluding hydrogens is 332 g/mol. The lowest BCUT2D eigenvalue weighted by atomic mass is 9.81. The minimum Gasteiger partial charge on any atom is -0.481 e. The molecule has 6 heteroatoms. The highest BCUT2D eigenvalue weighted by Gasteiger charge is 2.35. The lowest BCUT2D eigenvalue weighted by Gasteiger charge is -2.38. The number of nitrogens with zero attached hydrogens (tertiary/aromatic N) is 2. The Labute approximate surface area is 155 Å². The summed E-state index contributed by atoms with van der Waals surface area (Å²) in [5, 5.41) is 9.08. The van der Waals surface area contributed by atoms with Gasteiger partial charge in [0.15, 0.2) is 0 Å². The molecule has 2 heterocycles. The van der Waals surface area contributed by atoms with Crippen LogP contribution in [-0.2, 0) is 14.4 Å². The fourth-order valence-electron chi connectivity index (χ4n) is 4.68. The maximum Gasteiger partial charge on any atom is 0.306 e. The molecule has 2 aliphatic heterocycles. The van der Waals surface area contributed by atoms with Crippen LogP contribution in [0.5, 0.6) is 0 Å². The van der Waals surface area contributed by atoms with Crippen LogP contribution in [0.15, 0.2) is 0 Å². The molecule has 1 aliphatic carbocycles. The maximum absolute atomic E-state index is 12.7. The number of hydrogen-bond donors (Lipinski definition) is 1. The van der Waals surface area contributed by atoms with Gasteiger partial charge in [0.1, 0.15) is 0 Å². The number of carbonyl (C=O) groups is 3. The molecule has 1 saturated carbocycles. The Balaban J connectivity index is 1.44. The van der Waals surface area contributed by atoms with Crippen LogP contribution in [0.2, 0.25) is 0 Å². The normalized spacial score (nSPS) is 28.8. The fourth-order valence-corrected chi connectivity index (χ4v) is 4.68. The van der Waals surface area contributed by atoms with Gasteiger partial charge < -0.3 is 14.9 Å². The number of carbonyl (C=O) groups excluding carboxylic acids is 2. The summed E-state index contributed by atoms with van der Waals surface area (Å²) in [5.74, 6) is 0.195. The Morgan fingerprint density at radius 2 is 1.04 bits per heavy atom. The number of rotatable bonds is 3. The largest absolute Gasteiger partial charge is 0.481 e. The molecule has 0 bridgehead atoms. The van der Waals surface area contributed by atoms with Gasteiger partial charge in [-0.1, -0.05) is 6.92 Å². The molecule has 0 aromatic heterocycles. The van der Waals surface area contributed by atoms with E-state index in [1.807, 2.05) is 9.80 Å².